The van der Waals surface area contributed by atoms with Crippen LogP contribution in [0.25, 0.3) is 17.2 Å². The van der Waals surface area contributed by atoms with E-state index in [1.165, 1.54) is 6.08 Å². The number of hydrogen-bond acceptors (Lipinski definition) is 6. The molecule has 0 heterocycles. The molecule has 0 saturated carbocycles. The van der Waals surface area contributed by atoms with Crippen LogP contribution in [0.3, 0.4) is 0 Å². The molecule has 6 heteroatoms. The minimum absolute atomic E-state index is 0.0831. The van der Waals surface area contributed by atoms with Crippen molar-refractivity contribution in [2.75, 3.05) is 11.5 Å². The van der Waals surface area contributed by atoms with Crippen molar-refractivity contribution in [3.63, 3.8) is 0 Å². The van der Waals surface area contributed by atoms with E-state index in [-0.39, 0.29) is 6.61 Å². The third-order valence-corrected chi connectivity index (χ3v) is 4.21. The molecule has 0 fully saturated rings. The zero-order valence-electron chi connectivity index (χ0n) is 15.5. The van der Waals surface area contributed by atoms with Crippen molar-refractivity contribution in [2.45, 2.75) is 6.61 Å². The van der Waals surface area contributed by atoms with Crippen molar-refractivity contribution < 1.29 is 14.3 Å². The molecule has 0 aliphatic carbocycles. The van der Waals surface area contributed by atoms with E-state index in [0.717, 1.165) is 16.7 Å². The average molecular weight is 385 g/mol. The predicted octanol–water partition coefficient (Wildman–Crippen LogP) is 4.13. The van der Waals surface area contributed by atoms with Crippen LogP contribution in [0, 0.1) is 11.5 Å². The van der Waals surface area contributed by atoms with Gasteiger partial charge in [-0.1, -0.05) is 42.5 Å². The smallest absolute Gasteiger partial charge is 0.331 e. The largest absolute Gasteiger partial charge is 0.458 e. The number of nitriles is 1. The third-order valence-electron chi connectivity index (χ3n) is 4.21. The highest BCUT2D eigenvalue weighted by Crippen LogP contribution is 2.23. The summed E-state index contributed by atoms with van der Waals surface area (Å²) in [4.78, 5) is 11.9. The summed E-state index contributed by atoms with van der Waals surface area (Å²) in [6.45, 7) is 0.0831. The van der Waals surface area contributed by atoms with Crippen molar-refractivity contribution in [3.8, 4) is 23.1 Å². The number of nitrogens with two attached hydrogens (primary N) is 2. The Bertz CT molecular complexity index is 1070. The molecule has 0 spiro atoms. The lowest BCUT2D eigenvalue weighted by Crippen LogP contribution is -2.03. The molecule has 144 valence electrons. The Hall–Kier alpha value is -4.24. The van der Waals surface area contributed by atoms with Crippen LogP contribution >= 0.6 is 0 Å². The number of benzene rings is 3. The van der Waals surface area contributed by atoms with Gasteiger partial charge >= 0.3 is 5.97 Å². The van der Waals surface area contributed by atoms with Gasteiger partial charge in [0.1, 0.15) is 12.4 Å². The van der Waals surface area contributed by atoms with Crippen LogP contribution in [-0.2, 0) is 16.1 Å². The van der Waals surface area contributed by atoms with E-state index in [1.54, 1.807) is 42.7 Å². The molecule has 6 nitrogen and oxygen atoms in total. The Balaban J connectivity index is 1.57. The second kappa shape index (κ2) is 9.11. The third kappa shape index (κ3) is 5.37. The van der Waals surface area contributed by atoms with Gasteiger partial charge in [-0.15, -0.1) is 5.26 Å². The first kappa shape index (κ1) is 19.5. The van der Waals surface area contributed by atoms with Crippen LogP contribution < -0.4 is 16.2 Å². The number of ether oxygens (including phenoxy) is 2. The number of carbonyl (C=O) groups is 1. The van der Waals surface area contributed by atoms with Crippen LogP contribution in [0.15, 0.2) is 72.8 Å². The van der Waals surface area contributed by atoms with E-state index in [2.05, 4.69) is 0 Å². The lowest BCUT2D eigenvalue weighted by molar-refractivity contribution is -0.138. The SMILES string of the molecule is N#COc1ccc(-c2ccc(/C=C/C(=O)OCc3ccc(N)cc3N)cc2)cc1. The molecule has 3 rings (SSSR count). The Kier molecular flexibility index (Phi) is 6.13. The Morgan fingerprint density at radius 1 is 0.966 bits per heavy atom. The fraction of sp³-hybridized carbons (Fsp3) is 0.0435. The standard InChI is InChI=1S/C23H19N3O3/c24-15-29-21-10-7-18(8-11-21)17-4-1-16(2-5-17)3-12-23(27)28-14-19-6-9-20(25)13-22(19)26/h1-13H,14,25-26H2/b12-3+. The molecule has 0 aliphatic heterocycles. The van der Waals surface area contributed by atoms with Crippen LogP contribution in [0.4, 0.5) is 11.4 Å². The van der Waals surface area contributed by atoms with Gasteiger partial charge in [0.25, 0.3) is 6.26 Å². The summed E-state index contributed by atoms with van der Waals surface area (Å²) >= 11 is 0. The summed E-state index contributed by atoms with van der Waals surface area (Å²) in [5.74, 6) is 0.0356. The van der Waals surface area contributed by atoms with Gasteiger partial charge in [-0.25, -0.2) is 4.79 Å². The van der Waals surface area contributed by atoms with Crippen molar-refractivity contribution >= 4 is 23.4 Å². The van der Waals surface area contributed by atoms with Gasteiger partial charge in [0.2, 0.25) is 0 Å². The molecule has 3 aromatic carbocycles. The van der Waals surface area contributed by atoms with Crippen LogP contribution in [-0.4, -0.2) is 5.97 Å². The van der Waals surface area contributed by atoms with E-state index in [0.29, 0.717) is 22.7 Å². The summed E-state index contributed by atoms with van der Waals surface area (Å²) in [5, 5.41) is 8.52. The first-order valence-corrected chi connectivity index (χ1v) is 8.80. The van der Waals surface area contributed by atoms with E-state index >= 15 is 0 Å². The number of rotatable bonds is 6. The number of anilines is 2. The highest BCUT2D eigenvalue weighted by molar-refractivity contribution is 5.87. The molecule has 0 aliphatic rings. The van der Waals surface area contributed by atoms with Gasteiger partial charge < -0.3 is 20.9 Å². The number of carbonyl (C=O) groups excluding carboxylic acids is 1. The summed E-state index contributed by atoms with van der Waals surface area (Å²) in [5.41, 5.74) is 16.1. The minimum Gasteiger partial charge on any atom is -0.458 e. The number of hydrogen-bond donors (Lipinski definition) is 2. The van der Waals surface area contributed by atoms with Gasteiger partial charge in [-0.05, 0) is 47.0 Å². The summed E-state index contributed by atoms with van der Waals surface area (Å²) < 4.78 is 9.98. The van der Waals surface area contributed by atoms with E-state index in [4.69, 9.17) is 26.2 Å². The first-order chi connectivity index (χ1) is 14.0. The van der Waals surface area contributed by atoms with Gasteiger partial charge in [0, 0.05) is 23.0 Å². The Labute approximate surface area is 168 Å². The molecule has 0 amide bonds. The normalized spacial score (nSPS) is 10.4. The zero-order valence-corrected chi connectivity index (χ0v) is 15.5. The fourth-order valence-electron chi connectivity index (χ4n) is 2.66. The maximum Gasteiger partial charge on any atom is 0.331 e. The number of nitrogens with zero attached hydrogens (tertiary/aromatic N) is 1. The van der Waals surface area contributed by atoms with Gasteiger partial charge in [0.15, 0.2) is 0 Å². The zero-order chi connectivity index (χ0) is 20.6. The van der Waals surface area contributed by atoms with Gasteiger partial charge in [-0.3, -0.25) is 0 Å². The molecule has 0 atom stereocenters. The number of nitrogen functional groups attached to an aromatic ring is 2. The topological polar surface area (TPSA) is 111 Å². The molecule has 0 saturated heterocycles. The van der Waals surface area contributed by atoms with Crippen LogP contribution in [0.1, 0.15) is 11.1 Å². The maximum absolute atomic E-state index is 11.9. The molecule has 3 aromatic rings. The van der Waals surface area contributed by atoms with Crippen molar-refractivity contribution in [1.29, 1.82) is 5.26 Å². The van der Waals surface area contributed by atoms with Crippen LogP contribution in [0.5, 0.6) is 5.75 Å². The molecule has 0 unspecified atom stereocenters. The number of esters is 1. The second-order valence-corrected chi connectivity index (χ2v) is 6.24. The lowest BCUT2D eigenvalue weighted by Gasteiger charge is -2.06. The average Bonchev–Trinajstić information content (AvgIpc) is 2.73. The predicted molar refractivity (Wildman–Crippen MR) is 112 cm³/mol. The van der Waals surface area contributed by atoms with Gasteiger partial charge in [-0.2, -0.15) is 0 Å². The molecule has 0 radical (unpaired) electrons. The van der Waals surface area contributed by atoms with E-state index < -0.39 is 5.97 Å². The summed E-state index contributed by atoms with van der Waals surface area (Å²) in [6, 6.07) is 20.0. The highest BCUT2D eigenvalue weighted by Gasteiger charge is 2.04. The summed E-state index contributed by atoms with van der Waals surface area (Å²) in [6.07, 6.45) is 4.69. The fourth-order valence-corrected chi connectivity index (χ4v) is 2.66. The maximum atomic E-state index is 11.9. The molecular weight excluding hydrogens is 366 g/mol. The Morgan fingerprint density at radius 2 is 1.62 bits per heavy atom. The molecule has 29 heavy (non-hydrogen) atoms. The van der Waals surface area contributed by atoms with Crippen molar-refractivity contribution in [2.24, 2.45) is 0 Å². The molecule has 4 N–H and O–H groups in total. The van der Waals surface area contributed by atoms with Gasteiger partial charge in [0.05, 0.1) is 0 Å². The van der Waals surface area contributed by atoms with E-state index in [1.807, 2.05) is 36.4 Å². The first-order valence-electron chi connectivity index (χ1n) is 8.80. The lowest BCUT2D eigenvalue weighted by atomic mass is 10.0. The second-order valence-electron chi connectivity index (χ2n) is 6.24. The quantitative estimate of drug-likeness (QED) is 0.286. The van der Waals surface area contributed by atoms with Crippen molar-refractivity contribution in [1.82, 2.24) is 0 Å². The van der Waals surface area contributed by atoms with Crippen molar-refractivity contribution in [3.05, 3.63) is 83.9 Å². The molecule has 0 aromatic heterocycles. The van der Waals surface area contributed by atoms with E-state index in [9.17, 15) is 4.79 Å². The monoisotopic (exact) mass is 385 g/mol. The molecular formula is C23H19N3O3. The van der Waals surface area contributed by atoms with Crippen LogP contribution in [0.2, 0.25) is 0 Å². The Morgan fingerprint density at radius 3 is 2.24 bits per heavy atom. The minimum atomic E-state index is -0.460. The highest BCUT2D eigenvalue weighted by atomic mass is 16.5. The summed E-state index contributed by atoms with van der Waals surface area (Å²) in [7, 11) is 0. The molecule has 0 bridgehead atoms.